The summed E-state index contributed by atoms with van der Waals surface area (Å²) in [6.45, 7) is 4.17. The van der Waals surface area contributed by atoms with E-state index in [1.165, 1.54) is 11.3 Å². The van der Waals surface area contributed by atoms with Crippen molar-refractivity contribution in [2.75, 3.05) is 24.9 Å². The number of nitrogens with one attached hydrogen (secondary N) is 3. The summed E-state index contributed by atoms with van der Waals surface area (Å²) < 4.78 is 11.4. The van der Waals surface area contributed by atoms with Gasteiger partial charge in [-0.2, -0.15) is 0 Å². The van der Waals surface area contributed by atoms with Crippen molar-refractivity contribution in [2.24, 2.45) is 0 Å². The molecule has 0 aliphatic heterocycles. The van der Waals surface area contributed by atoms with E-state index >= 15 is 0 Å². The van der Waals surface area contributed by atoms with E-state index in [-0.39, 0.29) is 12.5 Å². The van der Waals surface area contributed by atoms with Crippen molar-refractivity contribution >= 4 is 44.3 Å². The molecule has 0 atom stereocenters. The van der Waals surface area contributed by atoms with Gasteiger partial charge in [0.1, 0.15) is 11.5 Å². The molecule has 0 saturated heterocycles. The number of anilines is 2. The molecule has 35 heavy (non-hydrogen) atoms. The lowest BCUT2D eigenvalue weighted by Gasteiger charge is -2.11. The van der Waals surface area contributed by atoms with Gasteiger partial charge in [0.2, 0.25) is 0 Å². The van der Waals surface area contributed by atoms with Gasteiger partial charge in [-0.1, -0.05) is 29.5 Å². The summed E-state index contributed by atoms with van der Waals surface area (Å²) in [6, 6.07) is 16.1. The molecule has 0 radical (unpaired) electrons. The number of methoxy groups -OCH3 is 2. The minimum absolute atomic E-state index is 0.197. The zero-order chi connectivity index (χ0) is 24.9. The first-order chi connectivity index (χ1) is 16.9. The minimum atomic E-state index is -0.401. The van der Waals surface area contributed by atoms with Gasteiger partial charge in [-0.25, -0.2) is 9.78 Å². The predicted molar refractivity (Wildman–Crippen MR) is 139 cm³/mol. The Bertz CT molecular complexity index is 1380. The molecule has 0 spiro atoms. The fraction of sp³-hybridized carbons (Fsp3) is 0.192. The van der Waals surface area contributed by atoms with Crippen LogP contribution in [0.5, 0.6) is 11.5 Å². The van der Waals surface area contributed by atoms with E-state index in [0.29, 0.717) is 27.7 Å². The van der Waals surface area contributed by atoms with E-state index in [1.54, 1.807) is 44.6 Å². The summed E-state index contributed by atoms with van der Waals surface area (Å²) in [7, 11) is 3.15. The van der Waals surface area contributed by atoms with E-state index in [4.69, 9.17) is 9.47 Å². The van der Waals surface area contributed by atoms with Crippen LogP contribution < -0.4 is 25.4 Å². The van der Waals surface area contributed by atoms with E-state index in [1.807, 2.05) is 38.1 Å². The number of thiazole rings is 1. The molecule has 8 nitrogen and oxygen atoms in total. The highest BCUT2D eigenvalue weighted by atomic mass is 32.1. The van der Waals surface area contributed by atoms with Gasteiger partial charge in [-0.3, -0.25) is 10.1 Å². The van der Waals surface area contributed by atoms with Crippen molar-refractivity contribution in [3.8, 4) is 11.5 Å². The maximum absolute atomic E-state index is 12.8. The molecule has 0 aliphatic carbocycles. The lowest BCUT2D eigenvalue weighted by Crippen LogP contribution is -2.28. The van der Waals surface area contributed by atoms with Gasteiger partial charge in [0, 0.05) is 23.4 Å². The van der Waals surface area contributed by atoms with E-state index < -0.39 is 6.03 Å². The topological polar surface area (TPSA) is 102 Å². The molecule has 1 aromatic heterocycles. The second-order valence-electron chi connectivity index (χ2n) is 7.91. The zero-order valence-corrected chi connectivity index (χ0v) is 20.7. The van der Waals surface area contributed by atoms with Crippen LogP contribution in [0.15, 0.2) is 54.6 Å². The molecule has 0 unspecified atom stereocenters. The van der Waals surface area contributed by atoms with Crippen molar-refractivity contribution < 1.29 is 19.1 Å². The highest BCUT2D eigenvalue weighted by Crippen LogP contribution is 2.28. The molecule has 4 rings (SSSR count). The third kappa shape index (κ3) is 5.52. The van der Waals surface area contributed by atoms with Crippen molar-refractivity contribution in [2.45, 2.75) is 20.4 Å². The number of rotatable bonds is 7. The molecule has 9 heteroatoms. The highest BCUT2D eigenvalue weighted by Gasteiger charge is 2.14. The summed E-state index contributed by atoms with van der Waals surface area (Å²) in [5, 5.41) is 8.99. The molecule has 180 valence electrons. The number of benzene rings is 3. The number of carbonyl (C=O) groups is 2. The summed E-state index contributed by atoms with van der Waals surface area (Å²) in [6.07, 6.45) is 0. The lowest BCUT2D eigenvalue weighted by molar-refractivity contribution is 0.102. The second-order valence-corrected chi connectivity index (χ2v) is 8.94. The molecule has 1 heterocycles. The first-order valence-electron chi connectivity index (χ1n) is 10.9. The minimum Gasteiger partial charge on any atom is -0.497 e. The molecular formula is C26H26N4O4S. The summed E-state index contributed by atoms with van der Waals surface area (Å²) in [4.78, 5) is 29.8. The zero-order valence-electron chi connectivity index (χ0n) is 19.9. The molecule has 3 aromatic carbocycles. The molecule has 3 amide bonds. The molecule has 0 fully saturated rings. The Kier molecular flexibility index (Phi) is 7.17. The maximum atomic E-state index is 12.8. The van der Waals surface area contributed by atoms with Crippen LogP contribution in [0.25, 0.3) is 10.2 Å². The van der Waals surface area contributed by atoms with Crippen LogP contribution in [0.2, 0.25) is 0 Å². The Morgan fingerprint density at radius 3 is 2.43 bits per heavy atom. The van der Waals surface area contributed by atoms with Crippen LogP contribution in [0.3, 0.4) is 0 Å². The molecule has 0 bridgehead atoms. The number of para-hydroxylation sites is 1. The monoisotopic (exact) mass is 490 g/mol. The Balaban J connectivity index is 1.43. The van der Waals surface area contributed by atoms with Crippen molar-refractivity contribution in [1.29, 1.82) is 0 Å². The van der Waals surface area contributed by atoms with Crippen LogP contribution in [0.1, 0.15) is 27.0 Å². The quantitative estimate of drug-likeness (QED) is 0.317. The third-order valence-electron chi connectivity index (χ3n) is 5.52. The Morgan fingerprint density at radius 2 is 1.71 bits per heavy atom. The summed E-state index contributed by atoms with van der Waals surface area (Å²) in [5.41, 5.74) is 4.82. The average molecular weight is 491 g/mol. The number of carbonyl (C=O) groups excluding carboxylic acids is 2. The standard InChI is InChI=1S/C26H26N4O4S/c1-15-6-5-7-16(2)23(15)29-24(31)17-8-10-20-22(13-17)35-26(28-20)30-25(32)27-14-18-12-19(33-3)9-11-21(18)34-4/h5-13H,14H2,1-4H3,(H,29,31)(H2,27,28,30,32). The lowest BCUT2D eigenvalue weighted by atomic mass is 10.1. The number of aryl methyl sites for hydroxylation is 2. The number of nitrogens with zero attached hydrogens (tertiary/aromatic N) is 1. The molecule has 4 aromatic rings. The number of urea groups is 1. The normalized spacial score (nSPS) is 10.6. The summed E-state index contributed by atoms with van der Waals surface area (Å²) >= 11 is 1.30. The Hall–Kier alpha value is -4.11. The highest BCUT2D eigenvalue weighted by molar-refractivity contribution is 7.22. The van der Waals surface area contributed by atoms with Gasteiger partial charge in [0.15, 0.2) is 5.13 Å². The SMILES string of the molecule is COc1ccc(OC)c(CNC(=O)Nc2nc3ccc(C(=O)Nc4c(C)cccc4C)cc3s2)c1. The summed E-state index contributed by atoms with van der Waals surface area (Å²) in [5.74, 6) is 1.13. The fourth-order valence-corrected chi connectivity index (χ4v) is 4.55. The van der Waals surface area contributed by atoms with Gasteiger partial charge in [-0.15, -0.1) is 0 Å². The number of hydrogen-bond donors (Lipinski definition) is 3. The predicted octanol–water partition coefficient (Wildman–Crippen LogP) is 5.50. The van der Waals surface area contributed by atoms with E-state index in [9.17, 15) is 9.59 Å². The van der Waals surface area contributed by atoms with Crippen molar-refractivity contribution in [3.05, 3.63) is 76.9 Å². The second kappa shape index (κ2) is 10.4. The number of ether oxygens (including phenoxy) is 2. The Labute approximate surface area is 207 Å². The van der Waals surface area contributed by atoms with Crippen LogP contribution in [0.4, 0.5) is 15.6 Å². The maximum Gasteiger partial charge on any atom is 0.321 e. The smallest absolute Gasteiger partial charge is 0.321 e. The largest absolute Gasteiger partial charge is 0.497 e. The molecule has 3 N–H and O–H groups in total. The van der Waals surface area contributed by atoms with Crippen molar-refractivity contribution in [3.63, 3.8) is 0 Å². The first kappa shape index (κ1) is 24.0. The molecule has 0 aliphatic rings. The average Bonchev–Trinajstić information content (AvgIpc) is 3.26. The van der Waals surface area contributed by atoms with Crippen LogP contribution in [0, 0.1) is 13.8 Å². The van der Waals surface area contributed by atoms with E-state index in [2.05, 4.69) is 20.9 Å². The number of amides is 3. The third-order valence-corrected chi connectivity index (χ3v) is 6.45. The fourth-order valence-electron chi connectivity index (χ4n) is 3.65. The van der Waals surface area contributed by atoms with Crippen LogP contribution in [-0.4, -0.2) is 31.1 Å². The van der Waals surface area contributed by atoms with Crippen LogP contribution in [-0.2, 0) is 6.54 Å². The van der Waals surface area contributed by atoms with Gasteiger partial charge >= 0.3 is 6.03 Å². The van der Waals surface area contributed by atoms with Gasteiger partial charge in [-0.05, 0) is 61.4 Å². The molecular weight excluding hydrogens is 464 g/mol. The Morgan fingerprint density at radius 1 is 0.943 bits per heavy atom. The molecule has 0 saturated carbocycles. The number of fused-ring (bicyclic) bond motifs is 1. The number of aromatic nitrogens is 1. The van der Waals surface area contributed by atoms with Gasteiger partial charge < -0.3 is 20.1 Å². The van der Waals surface area contributed by atoms with Crippen LogP contribution >= 0.6 is 11.3 Å². The van der Waals surface area contributed by atoms with E-state index in [0.717, 1.165) is 27.1 Å². The van der Waals surface area contributed by atoms with Gasteiger partial charge in [0.25, 0.3) is 5.91 Å². The van der Waals surface area contributed by atoms with Gasteiger partial charge in [0.05, 0.1) is 24.4 Å². The number of hydrogen-bond acceptors (Lipinski definition) is 6. The first-order valence-corrected chi connectivity index (χ1v) is 11.7. The van der Waals surface area contributed by atoms with Crippen molar-refractivity contribution in [1.82, 2.24) is 10.3 Å².